The number of hydrogen-bond donors (Lipinski definition) is 1. The molecule has 3 rings (SSSR count). The van der Waals surface area contributed by atoms with E-state index in [0.29, 0.717) is 23.7 Å². The summed E-state index contributed by atoms with van der Waals surface area (Å²) in [6.45, 7) is 0.442. The van der Waals surface area contributed by atoms with Crippen LogP contribution in [0.15, 0.2) is 71.6 Å². The highest BCUT2D eigenvalue weighted by Crippen LogP contribution is 2.29. The summed E-state index contributed by atoms with van der Waals surface area (Å²) in [4.78, 5) is -0.0127. The SMILES string of the molecule is COc1cc(CNS(=O)(=O)c2ccc(C#N)c(Cl)c2)ccc1OCc1ccccc1. The predicted octanol–water partition coefficient (Wildman–Crippen LogP) is 4.28. The summed E-state index contributed by atoms with van der Waals surface area (Å²) >= 11 is 5.94. The van der Waals surface area contributed by atoms with Crippen molar-refractivity contribution in [1.29, 1.82) is 5.26 Å². The Labute approximate surface area is 180 Å². The summed E-state index contributed by atoms with van der Waals surface area (Å²) in [6.07, 6.45) is 0. The van der Waals surface area contributed by atoms with Crippen molar-refractivity contribution in [2.75, 3.05) is 7.11 Å². The highest BCUT2D eigenvalue weighted by atomic mass is 35.5. The highest BCUT2D eigenvalue weighted by Gasteiger charge is 2.16. The van der Waals surface area contributed by atoms with Crippen molar-refractivity contribution in [3.05, 3.63) is 88.4 Å². The van der Waals surface area contributed by atoms with E-state index in [2.05, 4.69) is 4.72 Å². The van der Waals surface area contributed by atoms with Gasteiger partial charge in [-0.15, -0.1) is 0 Å². The molecule has 3 aromatic rings. The van der Waals surface area contributed by atoms with Gasteiger partial charge in [0, 0.05) is 6.54 Å². The van der Waals surface area contributed by atoms with Crippen LogP contribution in [-0.2, 0) is 23.2 Å². The van der Waals surface area contributed by atoms with Crippen molar-refractivity contribution in [2.45, 2.75) is 18.0 Å². The van der Waals surface area contributed by atoms with E-state index in [0.717, 1.165) is 5.56 Å². The molecule has 6 nitrogen and oxygen atoms in total. The van der Waals surface area contributed by atoms with Crippen LogP contribution in [0.5, 0.6) is 11.5 Å². The fourth-order valence-corrected chi connectivity index (χ4v) is 4.02. The van der Waals surface area contributed by atoms with Gasteiger partial charge in [-0.3, -0.25) is 0 Å². The van der Waals surface area contributed by atoms with Crippen molar-refractivity contribution in [2.24, 2.45) is 0 Å². The second kappa shape index (κ2) is 9.63. The van der Waals surface area contributed by atoms with Gasteiger partial charge in [-0.05, 0) is 41.5 Å². The minimum Gasteiger partial charge on any atom is -0.493 e. The number of nitriles is 1. The second-order valence-electron chi connectivity index (χ2n) is 6.34. The number of methoxy groups -OCH3 is 1. The molecule has 0 heterocycles. The summed E-state index contributed by atoms with van der Waals surface area (Å²) in [5, 5.41) is 9.00. The number of halogens is 1. The van der Waals surface area contributed by atoms with Gasteiger partial charge < -0.3 is 9.47 Å². The van der Waals surface area contributed by atoms with Crippen molar-refractivity contribution >= 4 is 21.6 Å². The minimum absolute atomic E-state index is 0.0127. The Hall–Kier alpha value is -3.05. The molecule has 0 atom stereocenters. The Morgan fingerprint density at radius 3 is 2.43 bits per heavy atom. The molecule has 8 heteroatoms. The van der Waals surface area contributed by atoms with Crippen LogP contribution in [0.2, 0.25) is 5.02 Å². The summed E-state index contributed by atoms with van der Waals surface area (Å²) in [5.41, 5.74) is 1.94. The zero-order valence-corrected chi connectivity index (χ0v) is 17.7. The van der Waals surface area contributed by atoms with Crippen LogP contribution in [0.3, 0.4) is 0 Å². The Balaban J connectivity index is 1.69. The largest absolute Gasteiger partial charge is 0.493 e. The number of ether oxygens (including phenoxy) is 2. The fraction of sp³-hybridized carbons (Fsp3) is 0.136. The molecule has 0 aromatic heterocycles. The molecule has 1 N–H and O–H groups in total. The molecule has 0 saturated carbocycles. The molecule has 0 aliphatic carbocycles. The van der Waals surface area contributed by atoms with Crippen LogP contribution in [0, 0.1) is 11.3 Å². The minimum atomic E-state index is -3.80. The molecular formula is C22H19ClN2O4S. The molecule has 0 fully saturated rings. The molecule has 30 heavy (non-hydrogen) atoms. The Morgan fingerprint density at radius 2 is 1.77 bits per heavy atom. The fourth-order valence-electron chi connectivity index (χ4n) is 2.69. The third-order valence-electron chi connectivity index (χ3n) is 4.30. The first kappa shape index (κ1) is 21.7. The molecule has 0 amide bonds. The Bertz CT molecular complexity index is 1180. The maximum atomic E-state index is 12.5. The van der Waals surface area contributed by atoms with Gasteiger partial charge in [-0.25, -0.2) is 13.1 Å². The number of nitrogens with one attached hydrogen (secondary N) is 1. The monoisotopic (exact) mass is 442 g/mol. The molecule has 0 spiro atoms. The van der Waals surface area contributed by atoms with Crippen molar-refractivity contribution in [3.63, 3.8) is 0 Å². The smallest absolute Gasteiger partial charge is 0.240 e. The first-order valence-corrected chi connectivity index (χ1v) is 10.8. The lowest BCUT2D eigenvalue weighted by molar-refractivity contribution is 0.284. The number of rotatable bonds is 8. The number of sulfonamides is 1. The summed E-state index contributed by atoms with van der Waals surface area (Å²) in [7, 11) is -2.27. The Kier molecular flexibility index (Phi) is 6.95. The van der Waals surface area contributed by atoms with Crippen LogP contribution < -0.4 is 14.2 Å². The number of benzene rings is 3. The molecule has 0 bridgehead atoms. The average molecular weight is 443 g/mol. The summed E-state index contributed by atoms with van der Waals surface area (Å²) < 4.78 is 38.8. The molecule has 0 aliphatic rings. The van der Waals surface area contributed by atoms with Gasteiger partial charge in [0.05, 0.1) is 22.6 Å². The van der Waals surface area contributed by atoms with E-state index >= 15 is 0 Å². The van der Waals surface area contributed by atoms with Gasteiger partial charge in [-0.1, -0.05) is 48.0 Å². The topological polar surface area (TPSA) is 88.4 Å². The molecule has 0 unspecified atom stereocenters. The second-order valence-corrected chi connectivity index (χ2v) is 8.51. The molecule has 0 aliphatic heterocycles. The van der Waals surface area contributed by atoms with Crippen molar-refractivity contribution in [1.82, 2.24) is 4.72 Å². The van der Waals surface area contributed by atoms with E-state index in [-0.39, 0.29) is 22.0 Å². The summed E-state index contributed by atoms with van der Waals surface area (Å²) in [6, 6.07) is 20.8. The maximum Gasteiger partial charge on any atom is 0.240 e. The molecular weight excluding hydrogens is 424 g/mol. The van der Waals surface area contributed by atoms with Crippen LogP contribution in [-0.4, -0.2) is 15.5 Å². The summed E-state index contributed by atoms with van der Waals surface area (Å²) in [5.74, 6) is 1.07. The van der Waals surface area contributed by atoms with Gasteiger partial charge >= 0.3 is 0 Å². The first-order chi connectivity index (χ1) is 14.4. The van der Waals surface area contributed by atoms with E-state index in [1.165, 1.54) is 25.3 Å². The molecule has 0 saturated heterocycles. The third kappa shape index (κ3) is 5.30. The zero-order valence-electron chi connectivity index (χ0n) is 16.1. The predicted molar refractivity (Wildman–Crippen MR) is 114 cm³/mol. The average Bonchev–Trinajstić information content (AvgIpc) is 2.77. The van der Waals surface area contributed by atoms with E-state index in [4.69, 9.17) is 26.3 Å². The normalized spacial score (nSPS) is 11.0. The van der Waals surface area contributed by atoms with Crippen LogP contribution >= 0.6 is 11.6 Å². The lowest BCUT2D eigenvalue weighted by Crippen LogP contribution is -2.23. The lowest BCUT2D eigenvalue weighted by atomic mass is 10.2. The van der Waals surface area contributed by atoms with Gasteiger partial charge in [-0.2, -0.15) is 5.26 Å². The lowest BCUT2D eigenvalue weighted by Gasteiger charge is -2.13. The highest BCUT2D eigenvalue weighted by molar-refractivity contribution is 7.89. The van der Waals surface area contributed by atoms with E-state index in [1.54, 1.807) is 18.2 Å². The molecule has 154 valence electrons. The van der Waals surface area contributed by atoms with E-state index < -0.39 is 10.0 Å². The van der Waals surface area contributed by atoms with E-state index in [9.17, 15) is 8.42 Å². The van der Waals surface area contributed by atoms with Crippen LogP contribution in [0.1, 0.15) is 16.7 Å². The van der Waals surface area contributed by atoms with Crippen molar-refractivity contribution in [3.8, 4) is 17.6 Å². The Morgan fingerprint density at radius 1 is 1.00 bits per heavy atom. The quantitative estimate of drug-likeness (QED) is 0.562. The molecule has 3 aromatic carbocycles. The van der Waals surface area contributed by atoms with Crippen LogP contribution in [0.25, 0.3) is 0 Å². The van der Waals surface area contributed by atoms with Crippen LogP contribution in [0.4, 0.5) is 0 Å². The first-order valence-electron chi connectivity index (χ1n) is 8.96. The number of hydrogen-bond acceptors (Lipinski definition) is 5. The zero-order chi connectivity index (χ0) is 21.6. The van der Waals surface area contributed by atoms with Crippen molar-refractivity contribution < 1.29 is 17.9 Å². The standard InChI is InChI=1S/C22H19ClN2O4S/c1-28-22-11-17(7-10-21(22)29-15-16-5-3-2-4-6-16)14-25-30(26,27)19-9-8-18(13-24)20(23)12-19/h2-12,25H,14-15H2,1H3. The number of nitrogens with zero attached hydrogens (tertiary/aromatic N) is 1. The van der Waals surface area contributed by atoms with Gasteiger partial charge in [0.2, 0.25) is 10.0 Å². The molecule has 0 radical (unpaired) electrons. The van der Waals surface area contributed by atoms with Gasteiger partial charge in [0.15, 0.2) is 11.5 Å². The van der Waals surface area contributed by atoms with E-state index in [1.807, 2.05) is 36.4 Å². The third-order valence-corrected chi connectivity index (χ3v) is 6.01. The maximum absolute atomic E-state index is 12.5. The van der Waals surface area contributed by atoms with Gasteiger partial charge in [0.1, 0.15) is 12.7 Å². The van der Waals surface area contributed by atoms with Gasteiger partial charge in [0.25, 0.3) is 0 Å².